The predicted octanol–water partition coefficient (Wildman–Crippen LogP) is 3.23. The van der Waals surface area contributed by atoms with Crippen LogP contribution in [0.5, 0.6) is 0 Å². The highest BCUT2D eigenvalue weighted by atomic mass is 16.5. The second kappa shape index (κ2) is 10.4. The molecule has 0 aliphatic rings. The molecule has 0 saturated carbocycles. The van der Waals surface area contributed by atoms with E-state index >= 15 is 0 Å². The van der Waals surface area contributed by atoms with Crippen molar-refractivity contribution in [2.75, 3.05) is 0 Å². The number of unbranched alkanes of at least 4 members (excludes halogenated alkanes) is 5. The third-order valence-electron chi connectivity index (χ3n) is 2.77. The third kappa shape index (κ3) is 9.05. The summed E-state index contributed by atoms with van der Waals surface area (Å²) >= 11 is 0. The van der Waals surface area contributed by atoms with Crippen LogP contribution in [0.2, 0.25) is 0 Å². The van der Waals surface area contributed by atoms with Gasteiger partial charge in [0.15, 0.2) is 0 Å². The van der Waals surface area contributed by atoms with Crippen LogP contribution in [0, 0.1) is 0 Å². The number of primary amides is 1. The fraction of sp³-hybridized carbons (Fsp3) is 0.600. The van der Waals surface area contributed by atoms with Crippen LogP contribution in [0.1, 0.15) is 58.8 Å². The van der Waals surface area contributed by atoms with E-state index in [1.54, 1.807) is 6.92 Å². The second-order valence-corrected chi connectivity index (χ2v) is 4.71. The minimum atomic E-state index is -0.540. The quantitative estimate of drug-likeness (QED) is 0.286. The molecule has 0 fully saturated rings. The summed E-state index contributed by atoms with van der Waals surface area (Å²) < 4.78 is 4.82. The fourth-order valence-electron chi connectivity index (χ4n) is 1.56. The van der Waals surface area contributed by atoms with Gasteiger partial charge in [0.25, 0.3) is 0 Å². The summed E-state index contributed by atoms with van der Waals surface area (Å²) in [5, 5.41) is 0. The van der Waals surface area contributed by atoms with E-state index < -0.39 is 11.9 Å². The first kappa shape index (κ1) is 17.4. The Morgan fingerprint density at radius 3 is 2.26 bits per heavy atom. The summed E-state index contributed by atoms with van der Waals surface area (Å²) in [6.45, 7) is 7.18. The molecule has 19 heavy (non-hydrogen) atoms. The van der Waals surface area contributed by atoms with Crippen molar-refractivity contribution in [3.05, 3.63) is 24.0 Å². The molecule has 0 bridgehead atoms. The minimum absolute atomic E-state index is 0.291. The SMILES string of the molecule is C=C(C)C(=O)O/C=C(\CCCCCCCC)C(N)=O. The Bertz CT molecular complexity index is 345. The van der Waals surface area contributed by atoms with E-state index in [0.29, 0.717) is 17.6 Å². The largest absolute Gasteiger partial charge is 0.431 e. The molecule has 0 aliphatic heterocycles. The summed E-state index contributed by atoms with van der Waals surface area (Å²) in [7, 11) is 0. The van der Waals surface area contributed by atoms with Crippen molar-refractivity contribution in [1.82, 2.24) is 0 Å². The van der Waals surface area contributed by atoms with Gasteiger partial charge in [0, 0.05) is 5.57 Å². The number of esters is 1. The van der Waals surface area contributed by atoms with Crippen molar-refractivity contribution in [2.45, 2.75) is 58.8 Å². The number of ether oxygens (including phenoxy) is 1. The Labute approximate surface area is 115 Å². The average molecular weight is 267 g/mol. The molecule has 0 radical (unpaired) electrons. The molecule has 0 aromatic heterocycles. The smallest absolute Gasteiger partial charge is 0.337 e. The molecule has 0 unspecified atom stereocenters. The number of carbonyl (C=O) groups excluding carboxylic acids is 2. The van der Waals surface area contributed by atoms with Crippen LogP contribution in [0.3, 0.4) is 0 Å². The molecule has 1 amide bonds. The monoisotopic (exact) mass is 267 g/mol. The lowest BCUT2D eigenvalue weighted by Crippen LogP contribution is -2.15. The Balaban J connectivity index is 4.06. The molecule has 0 aromatic carbocycles. The minimum Gasteiger partial charge on any atom is -0.431 e. The maximum atomic E-state index is 11.2. The molecule has 0 aliphatic carbocycles. The van der Waals surface area contributed by atoms with Crippen LogP contribution >= 0.6 is 0 Å². The number of nitrogens with two attached hydrogens (primary N) is 1. The van der Waals surface area contributed by atoms with Gasteiger partial charge in [-0.2, -0.15) is 0 Å². The van der Waals surface area contributed by atoms with Gasteiger partial charge in [0.2, 0.25) is 5.91 Å². The predicted molar refractivity (Wildman–Crippen MR) is 76.2 cm³/mol. The highest BCUT2D eigenvalue weighted by Crippen LogP contribution is 2.12. The van der Waals surface area contributed by atoms with E-state index in [-0.39, 0.29) is 0 Å². The van der Waals surface area contributed by atoms with E-state index in [4.69, 9.17) is 10.5 Å². The molecule has 0 saturated heterocycles. The van der Waals surface area contributed by atoms with Crippen LogP contribution in [0.4, 0.5) is 0 Å². The summed E-state index contributed by atoms with van der Waals surface area (Å²) in [5.74, 6) is -1.08. The molecule has 4 heteroatoms. The van der Waals surface area contributed by atoms with Gasteiger partial charge in [-0.05, 0) is 19.8 Å². The van der Waals surface area contributed by atoms with Crippen molar-refractivity contribution >= 4 is 11.9 Å². The van der Waals surface area contributed by atoms with E-state index in [2.05, 4.69) is 13.5 Å². The summed E-state index contributed by atoms with van der Waals surface area (Å²) in [5.41, 5.74) is 5.88. The normalized spacial score (nSPS) is 11.2. The van der Waals surface area contributed by atoms with Gasteiger partial charge in [-0.25, -0.2) is 4.79 Å². The maximum absolute atomic E-state index is 11.2. The van der Waals surface area contributed by atoms with Crippen LogP contribution in [0.25, 0.3) is 0 Å². The standard InChI is InChI=1S/C15H25NO3/c1-4-5-6-7-8-9-10-13(14(16)17)11-19-15(18)12(2)3/h11H,2,4-10H2,1,3H3,(H2,16,17)/b13-11+. The third-order valence-corrected chi connectivity index (χ3v) is 2.77. The molecule has 0 aromatic rings. The number of hydrogen-bond acceptors (Lipinski definition) is 3. The Morgan fingerprint density at radius 1 is 1.16 bits per heavy atom. The van der Waals surface area contributed by atoms with E-state index in [9.17, 15) is 9.59 Å². The topological polar surface area (TPSA) is 69.4 Å². The molecular formula is C15H25NO3. The summed E-state index contributed by atoms with van der Waals surface area (Å²) in [6.07, 6.45) is 8.47. The first-order valence-corrected chi connectivity index (χ1v) is 6.84. The average Bonchev–Trinajstić information content (AvgIpc) is 2.35. The lowest BCUT2D eigenvalue weighted by molar-refractivity contribution is -0.133. The van der Waals surface area contributed by atoms with Gasteiger partial charge < -0.3 is 10.5 Å². The Kier molecular flexibility index (Phi) is 9.49. The molecule has 0 rings (SSSR count). The van der Waals surface area contributed by atoms with E-state index in [0.717, 1.165) is 25.5 Å². The maximum Gasteiger partial charge on any atom is 0.337 e. The number of carbonyl (C=O) groups is 2. The molecule has 0 atom stereocenters. The highest BCUT2D eigenvalue weighted by molar-refractivity contribution is 5.92. The first-order valence-electron chi connectivity index (χ1n) is 6.84. The number of hydrogen-bond donors (Lipinski definition) is 1. The zero-order valence-electron chi connectivity index (χ0n) is 12.0. The van der Waals surface area contributed by atoms with Gasteiger partial charge in [0.05, 0.1) is 5.57 Å². The Morgan fingerprint density at radius 2 is 1.74 bits per heavy atom. The summed E-state index contributed by atoms with van der Waals surface area (Å²) in [6, 6.07) is 0. The number of rotatable bonds is 10. The van der Waals surface area contributed by atoms with Crippen molar-refractivity contribution in [3.63, 3.8) is 0 Å². The van der Waals surface area contributed by atoms with Crippen LogP contribution in [-0.2, 0) is 14.3 Å². The van der Waals surface area contributed by atoms with Crippen molar-refractivity contribution in [2.24, 2.45) is 5.73 Å². The van der Waals surface area contributed by atoms with Crippen LogP contribution in [-0.4, -0.2) is 11.9 Å². The fourth-order valence-corrected chi connectivity index (χ4v) is 1.56. The van der Waals surface area contributed by atoms with Crippen molar-refractivity contribution in [1.29, 1.82) is 0 Å². The molecule has 0 spiro atoms. The lowest BCUT2D eigenvalue weighted by Gasteiger charge is -2.04. The van der Waals surface area contributed by atoms with Crippen LogP contribution < -0.4 is 5.73 Å². The summed E-state index contributed by atoms with van der Waals surface area (Å²) in [4.78, 5) is 22.4. The molecule has 4 nitrogen and oxygen atoms in total. The van der Waals surface area contributed by atoms with Crippen molar-refractivity contribution < 1.29 is 14.3 Å². The van der Waals surface area contributed by atoms with Gasteiger partial charge in [-0.1, -0.05) is 45.6 Å². The van der Waals surface area contributed by atoms with Crippen LogP contribution in [0.15, 0.2) is 24.0 Å². The van der Waals surface area contributed by atoms with E-state index in [1.807, 2.05) is 0 Å². The zero-order valence-corrected chi connectivity index (χ0v) is 12.0. The van der Waals surface area contributed by atoms with Gasteiger partial charge in [-0.15, -0.1) is 0 Å². The molecule has 0 heterocycles. The molecular weight excluding hydrogens is 242 g/mol. The number of amides is 1. The van der Waals surface area contributed by atoms with Crippen molar-refractivity contribution in [3.8, 4) is 0 Å². The van der Waals surface area contributed by atoms with Gasteiger partial charge in [0.1, 0.15) is 6.26 Å². The Hall–Kier alpha value is -1.58. The van der Waals surface area contributed by atoms with Gasteiger partial charge >= 0.3 is 5.97 Å². The first-order chi connectivity index (χ1) is 8.99. The molecule has 2 N–H and O–H groups in total. The zero-order chi connectivity index (χ0) is 14.7. The molecule has 108 valence electrons. The van der Waals surface area contributed by atoms with E-state index in [1.165, 1.54) is 19.3 Å². The van der Waals surface area contributed by atoms with Gasteiger partial charge in [-0.3, -0.25) is 4.79 Å². The lowest BCUT2D eigenvalue weighted by atomic mass is 10.1. The highest BCUT2D eigenvalue weighted by Gasteiger charge is 2.08. The second-order valence-electron chi connectivity index (χ2n) is 4.71.